The van der Waals surface area contributed by atoms with E-state index in [1.54, 1.807) is 36.7 Å². The molecule has 0 saturated heterocycles. The molecule has 8 nitrogen and oxygen atoms in total. The molecule has 0 aliphatic heterocycles. The van der Waals surface area contributed by atoms with Crippen molar-refractivity contribution in [2.24, 2.45) is 0 Å². The van der Waals surface area contributed by atoms with Crippen LogP contribution < -0.4 is 19.5 Å². The number of carbonyl (C=O) groups excluding carboxylic acids is 1. The van der Waals surface area contributed by atoms with Crippen molar-refractivity contribution < 1.29 is 24.1 Å². The Hall–Kier alpha value is -4.17. The van der Waals surface area contributed by atoms with Crippen molar-refractivity contribution in [1.82, 2.24) is 15.3 Å². The lowest BCUT2D eigenvalue weighted by Gasteiger charge is -2.17. The molecule has 2 aromatic carbocycles. The molecule has 0 aliphatic rings. The van der Waals surface area contributed by atoms with Gasteiger partial charge in [0.1, 0.15) is 12.7 Å². The first-order valence-corrected chi connectivity index (χ1v) is 10.7. The van der Waals surface area contributed by atoms with E-state index in [2.05, 4.69) is 15.3 Å². The summed E-state index contributed by atoms with van der Waals surface area (Å²) in [7, 11) is 3.05. The van der Waals surface area contributed by atoms with Crippen molar-refractivity contribution in [3.8, 4) is 28.5 Å². The molecule has 0 aliphatic carbocycles. The van der Waals surface area contributed by atoms with E-state index in [0.29, 0.717) is 34.0 Å². The van der Waals surface area contributed by atoms with E-state index in [4.69, 9.17) is 14.2 Å². The molecule has 0 radical (unpaired) electrons. The summed E-state index contributed by atoms with van der Waals surface area (Å²) >= 11 is 0. The van der Waals surface area contributed by atoms with Crippen molar-refractivity contribution in [1.29, 1.82) is 0 Å². The summed E-state index contributed by atoms with van der Waals surface area (Å²) in [5, 5.41) is 14.0. The Kier molecular flexibility index (Phi) is 7.19. The van der Waals surface area contributed by atoms with Gasteiger partial charge in [-0.15, -0.1) is 0 Å². The summed E-state index contributed by atoms with van der Waals surface area (Å²) in [4.78, 5) is 21.8. The predicted octanol–water partition coefficient (Wildman–Crippen LogP) is 3.48. The van der Waals surface area contributed by atoms with Crippen molar-refractivity contribution in [2.75, 3.05) is 27.4 Å². The van der Waals surface area contributed by atoms with Gasteiger partial charge in [-0.1, -0.05) is 24.3 Å². The molecular weight excluding hydrogens is 434 g/mol. The fourth-order valence-electron chi connectivity index (χ4n) is 3.54. The number of hydrogen-bond donors (Lipinski definition) is 2. The van der Waals surface area contributed by atoms with Crippen molar-refractivity contribution in [2.45, 2.75) is 6.10 Å². The molecular formula is C26H25N3O5. The van der Waals surface area contributed by atoms with Crippen LogP contribution in [0.1, 0.15) is 10.4 Å². The molecule has 0 bridgehead atoms. The van der Waals surface area contributed by atoms with Crippen LogP contribution in [-0.2, 0) is 0 Å². The van der Waals surface area contributed by atoms with Gasteiger partial charge in [0.25, 0.3) is 5.91 Å². The van der Waals surface area contributed by atoms with Gasteiger partial charge < -0.3 is 24.6 Å². The van der Waals surface area contributed by atoms with Crippen molar-refractivity contribution in [3.63, 3.8) is 0 Å². The lowest BCUT2D eigenvalue weighted by Crippen LogP contribution is -2.35. The van der Waals surface area contributed by atoms with E-state index in [-0.39, 0.29) is 19.1 Å². The van der Waals surface area contributed by atoms with Crippen LogP contribution in [0.2, 0.25) is 0 Å². The average Bonchev–Trinajstić information content (AvgIpc) is 2.90. The highest BCUT2D eigenvalue weighted by Gasteiger charge is 2.17. The maximum atomic E-state index is 13.1. The second-order valence-corrected chi connectivity index (χ2v) is 7.47. The summed E-state index contributed by atoms with van der Waals surface area (Å²) in [5.74, 6) is 1.05. The minimum absolute atomic E-state index is 0.00244. The van der Waals surface area contributed by atoms with Crippen LogP contribution in [0.4, 0.5) is 0 Å². The van der Waals surface area contributed by atoms with Crippen molar-refractivity contribution >= 4 is 16.8 Å². The number of aliphatic hydroxyl groups excluding tert-OH is 1. The van der Waals surface area contributed by atoms with Gasteiger partial charge in [-0.3, -0.25) is 9.78 Å². The lowest BCUT2D eigenvalue weighted by atomic mass is 10.0. The maximum absolute atomic E-state index is 13.1. The summed E-state index contributed by atoms with van der Waals surface area (Å²) in [6.45, 7) is -0.0616. The molecule has 0 saturated carbocycles. The number of fused-ring (bicyclic) bond motifs is 1. The number of rotatable bonds is 9. The predicted molar refractivity (Wildman–Crippen MR) is 128 cm³/mol. The first kappa shape index (κ1) is 23.0. The second kappa shape index (κ2) is 10.6. The van der Waals surface area contributed by atoms with Crippen LogP contribution in [-0.4, -0.2) is 54.5 Å². The number of hydrogen-bond acceptors (Lipinski definition) is 7. The van der Waals surface area contributed by atoms with Gasteiger partial charge in [-0.2, -0.15) is 0 Å². The number of aliphatic hydroxyl groups is 1. The highest BCUT2D eigenvalue weighted by Crippen LogP contribution is 2.36. The van der Waals surface area contributed by atoms with E-state index in [1.165, 1.54) is 14.2 Å². The SMILES string of the molecule is COc1cccc(OC)c1OCC(O)CNC(=O)c1cc(-c2ccncc2)nc2ccccc12. The zero-order valence-electron chi connectivity index (χ0n) is 18.9. The quantitative estimate of drug-likeness (QED) is 0.395. The summed E-state index contributed by atoms with van der Waals surface area (Å²) in [5.41, 5.74) is 2.69. The summed E-state index contributed by atoms with van der Waals surface area (Å²) < 4.78 is 16.3. The number of ether oxygens (including phenoxy) is 3. The van der Waals surface area contributed by atoms with Crippen molar-refractivity contribution in [3.05, 3.63) is 78.6 Å². The van der Waals surface area contributed by atoms with E-state index in [9.17, 15) is 9.90 Å². The van der Waals surface area contributed by atoms with Crippen LogP contribution >= 0.6 is 0 Å². The highest BCUT2D eigenvalue weighted by molar-refractivity contribution is 6.07. The number of nitrogens with one attached hydrogen (secondary N) is 1. The van der Waals surface area contributed by atoms with Gasteiger partial charge in [0.15, 0.2) is 11.5 Å². The summed E-state index contributed by atoms with van der Waals surface area (Å²) in [6, 6.07) is 18.1. The largest absolute Gasteiger partial charge is 0.493 e. The average molecular weight is 460 g/mol. The fraction of sp³-hybridized carbons (Fsp3) is 0.192. The third-order valence-electron chi connectivity index (χ3n) is 5.24. The third-order valence-corrected chi connectivity index (χ3v) is 5.24. The molecule has 2 N–H and O–H groups in total. The molecule has 174 valence electrons. The number of aromatic nitrogens is 2. The summed E-state index contributed by atoms with van der Waals surface area (Å²) in [6.07, 6.45) is 2.41. The third kappa shape index (κ3) is 5.07. The maximum Gasteiger partial charge on any atom is 0.252 e. The number of para-hydroxylation sites is 2. The topological polar surface area (TPSA) is 103 Å². The van der Waals surface area contributed by atoms with E-state index >= 15 is 0 Å². The Morgan fingerprint density at radius 1 is 1.00 bits per heavy atom. The molecule has 1 unspecified atom stereocenters. The van der Waals surface area contributed by atoms with Gasteiger partial charge in [-0.05, 0) is 36.4 Å². The fourth-order valence-corrected chi connectivity index (χ4v) is 3.54. The van der Waals surface area contributed by atoms with Gasteiger partial charge in [0, 0.05) is 29.9 Å². The molecule has 1 amide bonds. The van der Waals surface area contributed by atoms with Crippen LogP contribution in [0.3, 0.4) is 0 Å². The van der Waals surface area contributed by atoms with Crippen LogP contribution in [0, 0.1) is 0 Å². The monoisotopic (exact) mass is 459 g/mol. The number of amides is 1. The molecule has 8 heteroatoms. The first-order chi connectivity index (χ1) is 16.6. The molecule has 1 atom stereocenters. The standard InChI is InChI=1S/C26H25N3O5/c1-32-23-8-5-9-24(33-2)25(23)34-16-18(30)15-28-26(31)20-14-22(17-10-12-27-13-11-17)29-21-7-4-3-6-19(20)21/h3-14,18,30H,15-16H2,1-2H3,(H,28,31). The number of carbonyl (C=O) groups is 1. The van der Waals surface area contributed by atoms with Gasteiger partial charge in [-0.25, -0.2) is 4.98 Å². The Morgan fingerprint density at radius 2 is 1.71 bits per heavy atom. The lowest BCUT2D eigenvalue weighted by molar-refractivity contribution is 0.0835. The minimum atomic E-state index is -0.952. The highest BCUT2D eigenvalue weighted by atomic mass is 16.5. The molecule has 2 heterocycles. The van der Waals surface area contributed by atoms with Gasteiger partial charge in [0.05, 0.1) is 31.0 Å². The molecule has 34 heavy (non-hydrogen) atoms. The molecule has 0 fully saturated rings. The van der Waals surface area contributed by atoms with Crippen LogP contribution in [0.25, 0.3) is 22.2 Å². The van der Waals surface area contributed by atoms with E-state index in [1.807, 2.05) is 36.4 Å². The van der Waals surface area contributed by atoms with Crippen LogP contribution in [0.15, 0.2) is 73.1 Å². The number of nitrogens with zero attached hydrogens (tertiary/aromatic N) is 2. The van der Waals surface area contributed by atoms with Crippen LogP contribution in [0.5, 0.6) is 17.2 Å². The van der Waals surface area contributed by atoms with Gasteiger partial charge >= 0.3 is 0 Å². The molecule has 4 aromatic rings. The number of methoxy groups -OCH3 is 2. The molecule has 2 aromatic heterocycles. The Morgan fingerprint density at radius 3 is 2.41 bits per heavy atom. The molecule has 4 rings (SSSR count). The zero-order valence-corrected chi connectivity index (χ0v) is 18.9. The Bertz CT molecular complexity index is 1260. The number of pyridine rings is 2. The molecule has 0 spiro atoms. The Labute approximate surface area is 197 Å². The first-order valence-electron chi connectivity index (χ1n) is 10.7. The van der Waals surface area contributed by atoms with E-state index in [0.717, 1.165) is 10.9 Å². The smallest absolute Gasteiger partial charge is 0.252 e. The number of benzene rings is 2. The Balaban J connectivity index is 1.48. The normalized spacial score (nSPS) is 11.6. The second-order valence-electron chi connectivity index (χ2n) is 7.47. The van der Waals surface area contributed by atoms with Gasteiger partial charge in [0.2, 0.25) is 5.75 Å². The zero-order chi connectivity index (χ0) is 23.9. The minimum Gasteiger partial charge on any atom is -0.493 e. The van der Waals surface area contributed by atoms with E-state index < -0.39 is 6.10 Å².